The first-order chi connectivity index (χ1) is 16.3. The molecule has 0 bridgehead atoms. The van der Waals surface area contributed by atoms with E-state index in [1.807, 2.05) is 0 Å². The molecule has 0 unspecified atom stereocenters. The number of carbonyl (C=O) groups excluding carboxylic acids is 2. The second-order valence-electron chi connectivity index (χ2n) is 8.64. The van der Waals surface area contributed by atoms with Gasteiger partial charge in [-0.25, -0.2) is 14.6 Å². The number of methoxy groups -OCH3 is 1. The molecule has 1 atom stereocenters. The molecule has 0 spiro atoms. The Bertz CT molecular complexity index is 1060. The number of hydrogen-bond donors (Lipinski definition) is 2. The van der Waals surface area contributed by atoms with Gasteiger partial charge in [-0.05, 0) is 38.1 Å². The number of nitrogens with zero attached hydrogens (tertiary/aromatic N) is 2. The third kappa shape index (κ3) is 5.01. The van der Waals surface area contributed by atoms with Crippen molar-refractivity contribution in [2.24, 2.45) is 0 Å². The van der Waals surface area contributed by atoms with Crippen molar-refractivity contribution in [1.29, 1.82) is 0 Å². The summed E-state index contributed by atoms with van der Waals surface area (Å²) in [6.07, 6.45) is 5.08. The highest BCUT2D eigenvalue weighted by molar-refractivity contribution is 6.16. The molecule has 2 saturated heterocycles. The van der Waals surface area contributed by atoms with Gasteiger partial charge >= 0.3 is 11.9 Å². The number of nitrogens with one attached hydrogen (secondary N) is 2. The van der Waals surface area contributed by atoms with Crippen LogP contribution in [0.25, 0.3) is 11.3 Å². The van der Waals surface area contributed by atoms with Crippen LogP contribution in [0.5, 0.6) is 5.75 Å². The van der Waals surface area contributed by atoms with Gasteiger partial charge in [-0.2, -0.15) is 0 Å². The van der Waals surface area contributed by atoms with Crippen LogP contribution in [0.15, 0.2) is 46.6 Å². The van der Waals surface area contributed by atoms with E-state index in [1.165, 1.54) is 20.2 Å². The summed E-state index contributed by atoms with van der Waals surface area (Å²) >= 11 is 0. The van der Waals surface area contributed by atoms with E-state index < -0.39 is 17.7 Å². The topological polar surface area (TPSA) is 115 Å². The van der Waals surface area contributed by atoms with Crippen molar-refractivity contribution in [2.45, 2.75) is 45.4 Å². The summed E-state index contributed by atoms with van der Waals surface area (Å²) in [6.45, 7) is 7.67. The van der Waals surface area contributed by atoms with Gasteiger partial charge in [-0.3, -0.25) is 4.90 Å². The van der Waals surface area contributed by atoms with Gasteiger partial charge in [0.2, 0.25) is 0 Å². The van der Waals surface area contributed by atoms with Crippen LogP contribution in [0.4, 0.5) is 5.69 Å². The smallest absolute Gasteiger partial charge is 0.352 e. The lowest BCUT2D eigenvalue weighted by Crippen LogP contribution is -2.45. The van der Waals surface area contributed by atoms with Gasteiger partial charge < -0.3 is 29.3 Å². The van der Waals surface area contributed by atoms with Crippen LogP contribution < -0.4 is 15.4 Å². The summed E-state index contributed by atoms with van der Waals surface area (Å²) in [5.41, 5.74) is 1.11. The first kappa shape index (κ1) is 23.6. The molecule has 2 N–H and O–H groups in total. The summed E-state index contributed by atoms with van der Waals surface area (Å²) in [5.74, 6) is -1.50. The number of cyclic esters (lactones) is 2. The van der Waals surface area contributed by atoms with Crippen molar-refractivity contribution in [3.63, 3.8) is 0 Å². The van der Waals surface area contributed by atoms with E-state index in [0.717, 1.165) is 31.5 Å². The molecular weight excluding hydrogens is 440 g/mol. The highest BCUT2D eigenvalue weighted by Crippen LogP contribution is 2.33. The Balaban J connectivity index is 1.64. The Hall–Kier alpha value is -3.53. The Kier molecular flexibility index (Phi) is 6.78. The van der Waals surface area contributed by atoms with Gasteiger partial charge in [0, 0.05) is 38.2 Å². The van der Waals surface area contributed by atoms with Crippen LogP contribution in [-0.2, 0) is 19.1 Å². The number of esters is 2. The quantitative estimate of drug-likeness (QED) is 0.339. The molecule has 10 nitrogen and oxygen atoms in total. The molecule has 2 aliphatic rings. The van der Waals surface area contributed by atoms with E-state index in [4.69, 9.17) is 18.6 Å². The number of carbonyl (C=O) groups is 2. The van der Waals surface area contributed by atoms with E-state index in [1.54, 1.807) is 31.5 Å². The number of hydrogen-bond acceptors (Lipinski definition) is 10. The maximum atomic E-state index is 12.8. The molecule has 2 fully saturated rings. The van der Waals surface area contributed by atoms with E-state index in [2.05, 4.69) is 27.4 Å². The summed E-state index contributed by atoms with van der Waals surface area (Å²) in [5, 5.41) is 6.43. The average Bonchev–Trinajstić information content (AvgIpc) is 3.47. The summed E-state index contributed by atoms with van der Waals surface area (Å²) in [7, 11) is 1.55. The molecule has 1 aromatic carbocycles. The lowest BCUT2D eigenvalue weighted by Gasteiger charge is -2.31. The second kappa shape index (κ2) is 9.76. The summed E-state index contributed by atoms with van der Waals surface area (Å²) in [4.78, 5) is 31.9. The minimum Gasteiger partial charge on any atom is -0.496 e. The van der Waals surface area contributed by atoms with Crippen LogP contribution >= 0.6 is 0 Å². The Morgan fingerprint density at radius 1 is 1.26 bits per heavy atom. The zero-order valence-electron chi connectivity index (χ0n) is 19.8. The number of likely N-dealkylation sites (N-methyl/N-ethyl adjacent to an activating group) is 1. The molecule has 1 aromatic heterocycles. The van der Waals surface area contributed by atoms with Crippen LogP contribution in [0, 0.1) is 0 Å². The summed E-state index contributed by atoms with van der Waals surface area (Å²) in [6, 6.07) is 5.63. The number of benzene rings is 1. The molecule has 182 valence electrons. The van der Waals surface area contributed by atoms with Gasteiger partial charge in [-0.1, -0.05) is 6.92 Å². The fourth-order valence-corrected chi connectivity index (χ4v) is 4.28. The maximum absolute atomic E-state index is 12.8. The molecule has 0 aliphatic carbocycles. The SMILES string of the molecule is CCN1CCC[C@@H]1CNC(Nc1ccc(-c2cnco2)c(OC)c1)=C1C(=O)OC(C)(C)OC1=O. The van der Waals surface area contributed by atoms with Crippen molar-refractivity contribution in [3.05, 3.63) is 42.2 Å². The second-order valence-corrected chi connectivity index (χ2v) is 8.64. The van der Waals surface area contributed by atoms with E-state index in [-0.39, 0.29) is 17.4 Å². The maximum Gasteiger partial charge on any atom is 0.352 e. The Morgan fingerprint density at radius 3 is 2.68 bits per heavy atom. The predicted molar refractivity (Wildman–Crippen MR) is 124 cm³/mol. The number of rotatable bonds is 8. The fourth-order valence-electron chi connectivity index (χ4n) is 4.28. The van der Waals surface area contributed by atoms with E-state index in [9.17, 15) is 9.59 Å². The number of ether oxygens (including phenoxy) is 3. The lowest BCUT2D eigenvalue weighted by atomic mass is 10.1. The zero-order valence-corrected chi connectivity index (χ0v) is 19.8. The van der Waals surface area contributed by atoms with Gasteiger partial charge in [0.15, 0.2) is 17.7 Å². The standard InChI is InChI=1S/C24H30N4O6/c1-5-28-10-6-7-16(28)12-26-21(20-22(29)33-24(2,3)34-23(20)30)27-15-8-9-17(18(11-15)31-4)19-13-25-14-32-19/h8-9,11,13-14,16,26-27H,5-7,10,12H2,1-4H3/t16-/m1/s1. The zero-order chi connectivity index (χ0) is 24.3. The fraction of sp³-hybridized carbons (Fsp3) is 0.458. The van der Waals surface area contributed by atoms with E-state index >= 15 is 0 Å². The van der Waals surface area contributed by atoms with Gasteiger partial charge in [0.05, 0.1) is 18.9 Å². The molecule has 0 radical (unpaired) electrons. The van der Waals surface area contributed by atoms with E-state index in [0.29, 0.717) is 23.7 Å². The third-order valence-electron chi connectivity index (χ3n) is 5.92. The largest absolute Gasteiger partial charge is 0.496 e. The monoisotopic (exact) mass is 470 g/mol. The minimum atomic E-state index is -1.32. The van der Waals surface area contributed by atoms with Crippen LogP contribution in [0.1, 0.15) is 33.6 Å². The van der Waals surface area contributed by atoms with Crippen molar-refractivity contribution in [3.8, 4) is 17.1 Å². The first-order valence-electron chi connectivity index (χ1n) is 11.3. The van der Waals surface area contributed by atoms with Gasteiger partial charge in [0.25, 0.3) is 5.79 Å². The average molecular weight is 471 g/mol. The molecule has 0 amide bonds. The van der Waals surface area contributed by atoms with Crippen LogP contribution in [0.3, 0.4) is 0 Å². The number of likely N-dealkylation sites (tertiary alicyclic amines) is 1. The molecule has 3 heterocycles. The Morgan fingerprint density at radius 2 is 2.03 bits per heavy atom. The molecule has 0 saturated carbocycles. The van der Waals surface area contributed by atoms with Gasteiger partial charge in [-0.15, -0.1) is 0 Å². The third-order valence-corrected chi connectivity index (χ3v) is 5.92. The molecule has 2 aliphatic heterocycles. The van der Waals surface area contributed by atoms with Crippen molar-refractivity contribution < 1.29 is 28.2 Å². The van der Waals surface area contributed by atoms with Crippen molar-refractivity contribution in [2.75, 3.05) is 32.1 Å². The molecule has 2 aromatic rings. The first-order valence-corrected chi connectivity index (χ1v) is 11.3. The number of oxazole rings is 1. The molecule has 4 rings (SSSR count). The molecular formula is C24H30N4O6. The minimum absolute atomic E-state index is 0.210. The van der Waals surface area contributed by atoms with Crippen LogP contribution in [0.2, 0.25) is 0 Å². The van der Waals surface area contributed by atoms with Crippen LogP contribution in [-0.4, -0.2) is 60.4 Å². The Labute approximate surface area is 198 Å². The normalized spacial score (nSPS) is 20.0. The van der Waals surface area contributed by atoms with Gasteiger partial charge in [0.1, 0.15) is 11.6 Å². The van der Waals surface area contributed by atoms with Crippen molar-refractivity contribution in [1.82, 2.24) is 15.2 Å². The van der Waals surface area contributed by atoms with Crippen molar-refractivity contribution >= 4 is 17.6 Å². The highest BCUT2D eigenvalue weighted by atomic mass is 16.7. The lowest BCUT2D eigenvalue weighted by molar-refractivity contribution is -0.222. The predicted octanol–water partition coefficient (Wildman–Crippen LogP) is 2.88. The highest BCUT2D eigenvalue weighted by Gasteiger charge is 2.41. The number of anilines is 1. The molecule has 34 heavy (non-hydrogen) atoms. The molecule has 10 heteroatoms. The summed E-state index contributed by atoms with van der Waals surface area (Å²) < 4.78 is 21.6. The number of aromatic nitrogens is 1.